The fourth-order valence-electron chi connectivity index (χ4n) is 2.61. The molecule has 1 heteroatoms. The second kappa shape index (κ2) is 3.37. The number of likely N-dealkylation sites (tertiary alicyclic amines) is 1. The van der Waals surface area contributed by atoms with Gasteiger partial charge in [-0.3, -0.25) is 0 Å². The average molecular weight is 167 g/mol. The van der Waals surface area contributed by atoms with Crippen LogP contribution in [0.3, 0.4) is 0 Å². The smallest absolute Gasteiger partial charge is 0.000989 e. The predicted octanol–water partition coefficient (Wildman–Crippen LogP) is 2.37. The molecule has 0 aromatic heterocycles. The van der Waals surface area contributed by atoms with E-state index < -0.39 is 0 Å². The lowest BCUT2D eigenvalue weighted by atomic mass is 9.92. The standard InChI is InChI=1S/C11H21N/c1-9-5-10(2)7-12(6-9)8-11-3-4-11/h9-11H,3-8H2,1-2H3. The van der Waals surface area contributed by atoms with Crippen LogP contribution in [0.5, 0.6) is 0 Å². The van der Waals surface area contributed by atoms with Crippen LogP contribution in [0.4, 0.5) is 0 Å². The number of nitrogens with zero attached hydrogens (tertiary/aromatic N) is 1. The fourth-order valence-corrected chi connectivity index (χ4v) is 2.61. The highest BCUT2D eigenvalue weighted by molar-refractivity contribution is 4.81. The number of piperidine rings is 1. The largest absolute Gasteiger partial charge is 0.303 e. The molecule has 0 aromatic rings. The van der Waals surface area contributed by atoms with Crippen molar-refractivity contribution in [2.24, 2.45) is 17.8 Å². The van der Waals surface area contributed by atoms with Gasteiger partial charge in [0, 0.05) is 19.6 Å². The molecule has 2 unspecified atom stereocenters. The Morgan fingerprint density at radius 2 is 1.67 bits per heavy atom. The van der Waals surface area contributed by atoms with Crippen LogP contribution in [0.1, 0.15) is 33.1 Å². The quantitative estimate of drug-likeness (QED) is 0.610. The van der Waals surface area contributed by atoms with E-state index in [1.165, 1.54) is 38.9 Å². The van der Waals surface area contributed by atoms with Crippen molar-refractivity contribution in [2.75, 3.05) is 19.6 Å². The Bertz CT molecular complexity index is 138. The minimum absolute atomic E-state index is 0.937. The van der Waals surface area contributed by atoms with Gasteiger partial charge in [-0.05, 0) is 37.0 Å². The summed E-state index contributed by atoms with van der Waals surface area (Å²) in [6, 6.07) is 0. The summed E-state index contributed by atoms with van der Waals surface area (Å²) in [4.78, 5) is 2.69. The highest BCUT2D eigenvalue weighted by atomic mass is 15.1. The molecule has 0 aromatic carbocycles. The minimum atomic E-state index is 0.937. The van der Waals surface area contributed by atoms with Crippen molar-refractivity contribution in [2.45, 2.75) is 33.1 Å². The summed E-state index contributed by atoms with van der Waals surface area (Å²) in [7, 11) is 0. The zero-order valence-electron chi connectivity index (χ0n) is 8.42. The van der Waals surface area contributed by atoms with Crippen LogP contribution in [-0.2, 0) is 0 Å². The van der Waals surface area contributed by atoms with Gasteiger partial charge < -0.3 is 4.90 Å². The third kappa shape index (κ3) is 2.22. The lowest BCUT2D eigenvalue weighted by Gasteiger charge is -2.34. The first-order chi connectivity index (χ1) is 5.74. The van der Waals surface area contributed by atoms with Gasteiger partial charge in [-0.2, -0.15) is 0 Å². The van der Waals surface area contributed by atoms with Crippen LogP contribution >= 0.6 is 0 Å². The van der Waals surface area contributed by atoms with Crippen molar-refractivity contribution < 1.29 is 0 Å². The molecule has 1 aliphatic heterocycles. The molecular weight excluding hydrogens is 146 g/mol. The third-order valence-corrected chi connectivity index (χ3v) is 3.16. The van der Waals surface area contributed by atoms with Crippen molar-refractivity contribution in [3.05, 3.63) is 0 Å². The van der Waals surface area contributed by atoms with Gasteiger partial charge in [0.15, 0.2) is 0 Å². The molecule has 1 nitrogen and oxygen atoms in total. The molecule has 0 radical (unpaired) electrons. The molecule has 0 N–H and O–H groups in total. The van der Waals surface area contributed by atoms with Gasteiger partial charge >= 0.3 is 0 Å². The monoisotopic (exact) mass is 167 g/mol. The van der Waals surface area contributed by atoms with E-state index in [9.17, 15) is 0 Å². The van der Waals surface area contributed by atoms with E-state index in [0.717, 1.165) is 17.8 Å². The molecule has 1 heterocycles. The Morgan fingerprint density at radius 3 is 2.17 bits per heavy atom. The number of hydrogen-bond acceptors (Lipinski definition) is 1. The first kappa shape index (κ1) is 8.55. The van der Waals surface area contributed by atoms with Crippen LogP contribution < -0.4 is 0 Å². The van der Waals surface area contributed by atoms with Crippen LogP contribution in [0.15, 0.2) is 0 Å². The molecule has 12 heavy (non-hydrogen) atoms. The molecular formula is C11H21N. The van der Waals surface area contributed by atoms with Crippen molar-refractivity contribution >= 4 is 0 Å². The van der Waals surface area contributed by atoms with E-state index in [0.29, 0.717) is 0 Å². The summed E-state index contributed by atoms with van der Waals surface area (Å²) in [6.07, 6.45) is 4.44. The second-order valence-corrected chi connectivity index (χ2v) is 5.11. The van der Waals surface area contributed by atoms with Crippen LogP contribution in [0, 0.1) is 17.8 Å². The van der Waals surface area contributed by atoms with Gasteiger partial charge in [0.05, 0.1) is 0 Å². The molecule has 0 amide bonds. The molecule has 2 atom stereocenters. The molecule has 1 saturated heterocycles. The number of hydrogen-bond donors (Lipinski definition) is 0. The van der Waals surface area contributed by atoms with Gasteiger partial charge in [0.25, 0.3) is 0 Å². The molecule has 2 rings (SSSR count). The maximum absolute atomic E-state index is 2.69. The minimum Gasteiger partial charge on any atom is -0.303 e. The van der Waals surface area contributed by atoms with E-state index in [4.69, 9.17) is 0 Å². The van der Waals surface area contributed by atoms with Crippen molar-refractivity contribution in [1.29, 1.82) is 0 Å². The molecule has 0 spiro atoms. The van der Waals surface area contributed by atoms with Gasteiger partial charge in [0.2, 0.25) is 0 Å². The van der Waals surface area contributed by atoms with Gasteiger partial charge in [-0.25, -0.2) is 0 Å². The predicted molar refractivity (Wildman–Crippen MR) is 52.1 cm³/mol. The van der Waals surface area contributed by atoms with Crippen LogP contribution in [0.2, 0.25) is 0 Å². The molecule has 2 aliphatic rings. The summed E-state index contributed by atoms with van der Waals surface area (Å²) in [5, 5.41) is 0. The second-order valence-electron chi connectivity index (χ2n) is 5.11. The Kier molecular flexibility index (Phi) is 2.40. The molecule has 1 aliphatic carbocycles. The first-order valence-corrected chi connectivity index (χ1v) is 5.46. The van der Waals surface area contributed by atoms with E-state index >= 15 is 0 Å². The van der Waals surface area contributed by atoms with Crippen molar-refractivity contribution in [3.63, 3.8) is 0 Å². The highest BCUT2D eigenvalue weighted by Crippen LogP contribution is 2.31. The van der Waals surface area contributed by atoms with Crippen molar-refractivity contribution in [1.82, 2.24) is 4.90 Å². The summed E-state index contributed by atoms with van der Waals surface area (Å²) < 4.78 is 0. The topological polar surface area (TPSA) is 3.24 Å². The fraction of sp³-hybridized carbons (Fsp3) is 1.00. The maximum Gasteiger partial charge on any atom is 0.000989 e. The first-order valence-electron chi connectivity index (χ1n) is 5.46. The normalized spacial score (nSPS) is 38.5. The van der Waals surface area contributed by atoms with E-state index in [1.54, 1.807) is 0 Å². The van der Waals surface area contributed by atoms with Gasteiger partial charge in [0.1, 0.15) is 0 Å². The summed E-state index contributed by atoms with van der Waals surface area (Å²) in [5.41, 5.74) is 0. The third-order valence-electron chi connectivity index (χ3n) is 3.16. The van der Waals surface area contributed by atoms with E-state index in [2.05, 4.69) is 18.7 Å². The number of rotatable bonds is 2. The Morgan fingerprint density at radius 1 is 1.08 bits per heavy atom. The zero-order chi connectivity index (χ0) is 8.55. The molecule has 70 valence electrons. The molecule has 0 bridgehead atoms. The van der Waals surface area contributed by atoms with E-state index in [-0.39, 0.29) is 0 Å². The lowest BCUT2D eigenvalue weighted by Crippen LogP contribution is -2.39. The SMILES string of the molecule is CC1CC(C)CN(CC2CC2)C1. The van der Waals surface area contributed by atoms with Crippen molar-refractivity contribution in [3.8, 4) is 0 Å². The lowest BCUT2D eigenvalue weighted by molar-refractivity contribution is 0.136. The van der Waals surface area contributed by atoms with Gasteiger partial charge in [-0.15, -0.1) is 0 Å². The van der Waals surface area contributed by atoms with E-state index in [1.807, 2.05) is 0 Å². The Hall–Kier alpha value is -0.0400. The molecule has 2 fully saturated rings. The van der Waals surface area contributed by atoms with Gasteiger partial charge in [-0.1, -0.05) is 13.8 Å². The Labute approximate surface area is 76.1 Å². The average Bonchev–Trinajstić information content (AvgIpc) is 2.68. The van der Waals surface area contributed by atoms with Crippen LogP contribution in [0.25, 0.3) is 0 Å². The summed E-state index contributed by atoms with van der Waals surface area (Å²) in [6.45, 7) is 8.92. The maximum atomic E-state index is 2.69. The van der Waals surface area contributed by atoms with Crippen LogP contribution in [-0.4, -0.2) is 24.5 Å². The molecule has 1 saturated carbocycles. The summed E-state index contributed by atoms with van der Waals surface area (Å²) in [5.74, 6) is 2.95. The zero-order valence-corrected chi connectivity index (χ0v) is 8.42. The highest BCUT2D eigenvalue weighted by Gasteiger charge is 2.28. The summed E-state index contributed by atoms with van der Waals surface area (Å²) >= 11 is 0. The Balaban J connectivity index is 1.79.